The van der Waals surface area contributed by atoms with E-state index in [1.807, 2.05) is 0 Å². The second-order valence-electron chi connectivity index (χ2n) is 8.04. The van der Waals surface area contributed by atoms with E-state index in [1.165, 1.54) is 28.9 Å². The lowest BCUT2D eigenvalue weighted by atomic mass is 9.95. The Morgan fingerprint density at radius 3 is 2.54 bits per heavy atom. The second kappa shape index (κ2) is 8.56. The summed E-state index contributed by atoms with van der Waals surface area (Å²) in [4.78, 5) is 14.6. The van der Waals surface area contributed by atoms with Gasteiger partial charge in [-0.1, -0.05) is 0 Å². The molecule has 1 N–H and O–H groups in total. The van der Waals surface area contributed by atoms with Crippen LogP contribution in [0.25, 0.3) is 11.3 Å². The Labute approximate surface area is 194 Å². The zero-order chi connectivity index (χ0) is 24.7. The molecule has 0 atom stereocenters. The number of amides is 1. The van der Waals surface area contributed by atoms with E-state index in [-0.39, 0.29) is 17.2 Å². The summed E-state index contributed by atoms with van der Waals surface area (Å²) in [6.45, 7) is 2.45. The summed E-state index contributed by atoms with van der Waals surface area (Å²) < 4.78 is 55.8. The fourth-order valence-corrected chi connectivity index (χ4v) is 3.94. The molecular weight excluding hydrogens is 472 g/mol. The van der Waals surface area contributed by atoms with Gasteiger partial charge in [0.15, 0.2) is 11.5 Å². The van der Waals surface area contributed by atoms with Crippen LogP contribution >= 0.6 is 0 Å². The molecule has 0 unspecified atom stereocenters. The fourth-order valence-electron chi connectivity index (χ4n) is 3.94. The Bertz CT molecular complexity index is 1390. The smallest absolute Gasteiger partial charge is 0.355 e. The van der Waals surface area contributed by atoms with Gasteiger partial charge in [0.1, 0.15) is 11.6 Å². The normalized spacial score (nSPS) is 15.1. The first kappa shape index (κ1) is 22.6. The van der Waals surface area contributed by atoms with Crippen molar-refractivity contribution in [2.24, 2.45) is 5.92 Å². The Balaban J connectivity index is 1.26. The van der Waals surface area contributed by atoms with Crippen LogP contribution in [0.3, 0.4) is 0 Å². The number of aryl methyl sites for hydroxylation is 1. The molecule has 1 fully saturated rings. The van der Waals surface area contributed by atoms with Gasteiger partial charge in [-0.25, -0.2) is 4.39 Å². The van der Waals surface area contributed by atoms with Crippen molar-refractivity contribution in [1.82, 2.24) is 40.0 Å². The summed E-state index contributed by atoms with van der Waals surface area (Å²) in [7, 11) is 0. The third-order valence-electron chi connectivity index (χ3n) is 5.77. The molecule has 1 amide bonds. The highest BCUT2D eigenvalue weighted by Crippen LogP contribution is 2.29. The number of nitrogens with zero attached hydrogens (tertiary/aromatic N) is 9. The van der Waals surface area contributed by atoms with Gasteiger partial charge in [0.2, 0.25) is 5.91 Å². The zero-order valence-electron chi connectivity index (χ0n) is 18.2. The molecule has 1 saturated heterocycles. The van der Waals surface area contributed by atoms with Crippen LogP contribution in [0.2, 0.25) is 0 Å². The molecule has 0 spiro atoms. The van der Waals surface area contributed by atoms with Crippen LogP contribution in [0.5, 0.6) is 0 Å². The first-order valence-electron chi connectivity index (χ1n) is 10.6. The SMILES string of the molecule is Cc1nnnn1-c1ccc(F)c(NC(=O)C2CCN(c3ccc4nnc(C(F)(F)F)n4n3)CC2)c1. The maximum Gasteiger partial charge on any atom is 0.453 e. The molecule has 0 bridgehead atoms. The van der Waals surface area contributed by atoms with Gasteiger partial charge < -0.3 is 10.2 Å². The summed E-state index contributed by atoms with van der Waals surface area (Å²) >= 11 is 0. The van der Waals surface area contributed by atoms with Crippen LogP contribution < -0.4 is 10.2 Å². The first-order valence-corrected chi connectivity index (χ1v) is 10.6. The van der Waals surface area contributed by atoms with Gasteiger partial charge in [-0.05, 0) is 60.5 Å². The number of anilines is 2. The van der Waals surface area contributed by atoms with Gasteiger partial charge in [0.25, 0.3) is 5.82 Å². The average molecular weight is 490 g/mol. The average Bonchev–Trinajstić information content (AvgIpc) is 3.46. The molecule has 0 radical (unpaired) electrons. The van der Waals surface area contributed by atoms with Gasteiger partial charge in [0.05, 0.1) is 11.4 Å². The van der Waals surface area contributed by atoms with Crippen molar-refractivity contribution in [3.8, 4) is 5.69 Å². The molecule has 1 aliphatic rings. The fraction of sp³-hybridized carbons (Fsp3) is 0.350. The predicted octanol–water partition coefficient (Wildman–Crippen LogP) is 2.42. The molecule has 3 aromatic heterocycles. The standard InChI is InChI=1S/C20H18F4N10O/c1-11-26-30-31-33(11)13-2-3-14(21)15(10-13)25-18(35)12-6-8-32(9-7-12)17-5-4-16-27-28-19(20(22,23)24)34(16)29-17/h2-5,10,12H,6-9H2,1H3,(H,25,35). The first-order chi connectivity index (χ1) is 16.7. The maximum atomic E-state index is 14.4. The van der Waals surface area contributed by atoms with Gasteiger partial charge in [-0.15, -0.1) is 20.4 Å². The van der Waals surface area contributed by atoms with Crippen LogP contribution in [0, 0.1) is 18.7 Å². The number of rotatable bonds is 4. The number of carbonyl (C=O) groups is 1. The van der Waals surface area contributed by atoms with Crippen molar-refractivity contribution < 1.29 is 22.4 Å². The number of hydrogen-bond acceptors (Lipinski definition) is 8. The van der Waals surface area contributed by atoms with Crippen LogP contribution in [-0.4, -0.2) is 59.0 Å². The number of fused-ring (bicyclic) bond motifs is 1. The second-order valence-corrected chi connectivity index (χ2v) is 8.04. The van der Waals surface area contributed by atoms with Crippen LogP contribution in [0.4, 0.5) is 29.1 Å². The van der Waals surface area contributed by atoms with Crippen LogP contribution in [0.1, 0.15) is 24.5 Å². The van der Waals surface area contributed by atoms with Crippen LogP contribution in [-0.2, 0) is 11.0 Å². The molecule has 0 aliphatic carbocycles. The molecule has 5 rings (SSSR count). The monoisotopic (exact) mass is 490 g/mol. The van der Waals surface area contributed by atoms with Crippen molar-refractivity contribution in [3.05, 3.63) is 47.8 Å². The highest BCUT2D eigenvalue weighted by Gasteiger charge is 2.38. The van der Waals surface area contributed by atoms with Crippen LogP contribution in [0.15, 0.2) is 30.3 Å². The lowest BCUT2D eigenvalue weighted by Crippen LogP contribution is -2.39. The minimum atomic E-state index is -4.69. The largest absolute Gasteiger partial charge is 0.453 e. The predicted molar refractivity (Wildman–Crippen MR) is 113 cm³/mol. The van der Waals surface area contributed by atoms with E-state index in [1.54, 1.807) is 17.9 Å². The minimum absolute atomic E-state index is 0.00392. The Morgan fingerprint density at radius 1 is 1.09 bits per heavy atom. The number of alkyl halides is 3. The lowest BCUT2D eigenvalue weighted by molar-refractivity contribution is -0.146. The number of carbonyl (C=O) groups excluding carboxylic acids is 1. The molecule has 4 aromatic rings. The zero-order valence-corrected chi connectivity index (χ0v) is 18.2. The van der Waals surface area contributed by atoms with E-state index in [0.717, 1.165) is 0 Å². The van der Waals surface area contributed by atoms with Crippen molar-refractivity contribution in [2.45, 2.75) is 25.9 Å². The Morgan fingerprint density at radius 2 is 1.86 bits per heavy atom. The highest BCUT2D eigenvalue weighted by atomic mass is 19.4. The summed E-state index contributed by atoms with van der Waals surface area (Å²) in [6, 6.07) is 7.13. The third kappa shape index (κ3) is 4.36. The van der Waals surface area contributed by atoms with E-state index in [4.69, 9.17) is 0 Å². The Kier molecular flexibility index (Phi) is 5.53. The summed E-state index contributed by atoms with van der Waals surface area (Å²) in [5.41, 5.74) is 0.480. The quantitative estimate of drug-likeness (QED) is 0.434. The van der Waals surface area contributed by atoms with Crippen molar-refractivity contribution >= 4 is 23.1 Å². The van der Waals surface area contributed by atoms with E-state index in [2.05, 4.69) is 36.1 Å². The maximum absolute atomic E-state index is 14.4. The molecule has 1 aromatic carbocycles. The number of benzene rings is 1. The van der Waals surface area contributed by atoms with Crippen molar-refractivity contribution in [2.75, 3.05) is 23.3 Å². The molecule has 11 nitrogen and oxygen atoms in total. The summed E-state index contributed by atoms with van der Waals surface area (Å²) in [6.07, 6.45) is -3.87. The molecule has 4 heterocycles. The minimum Gasteiger partial charge on any atom is -0.355 e. The summed E-state index contributed by atoms with van der Waals surface area (Å²) in [5.74, 6) is -1.75. The van der Waals surface area contributed by atoms with Crippen molar-refractivity contribution in [1.29, 1.82) is 0 Å². The van der Waals surface area contributed by atoms with Gasteiger partial charge in [-0.2, -0.15) is 22.4 Å². The molecule has 0 saturated carbocycles. The number of piperidine rings is 1. The number of nitrogens with one attached hydrogen (secondary N) is 1. The van der Waals surface area contributed by atoms with E-state index >= 15 is 0 Å². The highest BCUT2D eigenvalue weighted by molar-refractivity contribution is 5.93. The van der Waals surface area contributed by atoms with Gasteiger partial charge >= 0.3 is 6.18 Å². The Hall–Kier alpha value is -4.17. The van der Waals surface area contributed by atoms with Crippen molar-refractivity contribution in [3.63, 3.8) is 0 Å². The van der Waals surface area contributed by atoms with Gasteiger partial charge in [0, 0.05) is 19.0 Å². The number of aromatic nitrogens is 8. The van der Waals surface area contributed by atoms with E-state index in [0.29, 0.717) is 47.8 Å². The number of halogens is 4. The molecule has 1 aliphatic heterocycles. The van der Waals surface area contributed by atoms with E-state index < -0.39 is 23.7 Å². The lowest BCUT2D eigenvalue weighted by Gasteiger charge is -2.32. The molecule has 15 heteroatoms. The van der Waals surface area contributed by atoms with E-state index in [9.17, 15) is 22.4 Å². The third-order valence-corrected chi connectivity index (χ3v) is 5.77. The topological polar surface area (TPSA) is 119 Å². The summed E-state index contributed by atoms with van der Waals surface area (Å²) in [5, 5.41) is 24.5. The molecular formula is C20H18F4N10O. The number of hydrogen-bond donors (Lipinski definition) is 1. The molecule has 182 valence electrons. The molecule has 35 heavy (non-hydrogen) atoms. The van der Waals surface area contributed by atoms with Gasteiger partial charge in [-0.3, -0.25) is 4.79 Å². The number of tetrazole rings is 1.